The average molecular weight is 290 g/mol. The molecule has 2 saturated heterocycles. The average Bonchev–Trinajstić information content (AvgIpc) is 2.51. The van der Waals surface area contributed by atoms with Crippen molar-refractivity contribution >= 4 is 5.69 Å². The van der Waals surface area contributed by atoms with E-state index in [1.54, 1.807) is 0 Å². The molecule has 2 heterocycles. The molecular weight excluding hydrogens is 264 g/mol. The molecule has 4 heteroatoms. The molecule has 1 aromatic rings. The van der Waals surface area contributed by atoms with Crippen LogP contribution in [0.3, 0.4) is 0 Å². The Balaban J connectivity index is 1.77. The van der Waals surface area contributed by atoms with Crippen molar-refractivity contribution in [2.45, 2.75) is 32.4 Å². The quantitative estimate of drug-likeness (QED) is 0.897. The molecule has 0 spiro atoms. The third-order valence-electron chi connectivity index (χ3n) is 4.77. The summed E-state index contributed by atoms with van der Waals surface area (Å²) in [7, 11) is 0. The summed E-state index contributed by atoms with van der Waals surface area (Å²) < 4.78 is 5.44. The normalized spacial score (nSPS) is 27.9. The van der Waals surface area contributed by atoms with E-state index in [0.29, 0.717) is 0 Å². The maximum atomic E-state index is 10.4. The van der Waals surface area contributed by atoms with Crippen LogP contribution in [-0.2, 0) is 4.74 Å². The summed E-state index contributed by atoms with van der Waals surface area (Å²) in [6.45, 7) is 9.59. The summed E-state index contributed by atoms with van der Waals surface area (Å²) in [6.07, 6.45) is 0.625. The lowest BCUT2D eigenvalue weighted by Gasteiger charge is -2.44. The molecular formula is C17H26N2O2. The Bertz CT molecular complexity index is 486. The van der Waals surface area contributed by atoms with Gasteiger partial charge in [0.2, 0.25) is 0 Å². The fourth-order valence-electron chi connectivity index (χ4n) is 3.47. The number of morpholine rings is 1. The largest absolute Gasteiger partial charge is 0.391 e. The molecule has 2 fully saturated rings. The van der Waals surface area contributed by atoms with Gasteiger partial charge in [0.05, 0.1) is 25.4 Å². The van der Waals surface area contributed by atoms with Crippen molar-refractivity contribution in [3.8, 4) is 0 Å². The second kappa shape index (κ2) is 6.34. The Labute approximate surface area is 127 Å². The predicted molar refractivity (Wildman–Crippen MR) is 84.9 cm³/mol. The molecule has 1 aromatic carbocycles. The van der Waals surface area contributed by atoms with Crippen molar-refractivity contribution in [2.75, 3.05) is 44.3 Å². The van der Waals surface area contributed by atoms with Crippen molar-refractivity contribution in [3.63, 3.8) is 0 Å². The summed E-state index contributed by atoms with van der Waals surface area (Å²) in [4.78, 5) is 4.83. The van der Waals surface area contributed by atoms with E-state index in [4.69, 9.17) is 4.74 Å². The van der Waals surface area contributed by atoms with E-state index in [2.05, 4.69) is 41.8 Å². The first-order valence-corrected chi connectivity index (χ1v) is 7.97. The lowest BCUT2D eigenvalue weighted by molar-refractivity contribution is -0.0266. The molecule has 0 saturated carbocycles. The molecule has 0 amide bonds. The summed E-state index contributed by atoms with van der Waals surface area (Å²) >= 11 is 0. The second-order valence-corrected chi connectivity index (χ2v) is 6.31. The van der Waals surface area contributed by atoms with E-state index in [-0.39, 0.29) is 12.1 Å². The van der Waals surface area contributed by atoms with Crippen LogP contribution in [0.1, 0.15) is 17.5 Å². The molecule has 0 aromatic heterocycles. The fraction of sp³-hybridized carbons (Fsp3) is 0.647. The minimum Gasteiger partial charge on any atom is -0.391 e. The first kappa shape index (κ1) is 14.8. The van der Waals surface area contributed by atoms with Gasteiger partial charge in [-0.05, 0) is 37.5 Å². The number of piperidine rings is 1. The summed E-state index contributed by atoms with van der Waals surface area (Å²) in [5.74, 6) is 0. The summed E-state index contributed by atoms with van der Waals surface area (Å²) in [6, 6.07) is 6.85. The van der Waals surface area contributed by atoms with Crippen molar-refractivity contribution in [1.29, 1.82) is 0 Å². The predicted octanol–water partition coefficient (Wildman–Crippen LogP) is 1.58. The highest BCUT2D eigenvalue weighted by Crippen LogP contribution is 2.27. The number of hydrogen-bond donors (Lipinski definition) is 1. The number of aliphatic hydroxyl groups excluding tert-OH is 1. The fourth-order valence-corrected chi connectivity index (χ4v) is 3.47. The molecule has 3 rings (SSSR count). The van der Waals surface area contributed by atoms with Gasteiger partial charge in [-0.2, -0.15) is 0 Å². The van der Waals surface area contributed by atoms with E-state index < -0.39 is 0 Å². The number of benzene rings is 1. The number of anilines is 1. The van der Waals surface area contributed by atoms with Gasteiger partial charge in [-0.25, -0.2) is 0 Å². The summed E-state index contributed by atoms with van der Waals surface area (Å²) in [5.41, 5.74) is 3.93. The smallest absolute Gasteiger partial charge is 0.0729 e. The zero-order valence-electron chi connectivity index (χ0n) is 13.1. The molecule has 116 valence electrons. The van der Waals surface area contributed by atoms with Crippen molar-refractivity contribution < 1.29 is 9.84 Å². The Morgan fingerprint density at radius 1 is 1.14 bits per heavy atom. The molecule has 2 atom stereocenters. The number of hydrogen-bond acceptors (Lipinski definition) is 4. The minimum atomic E-state index is -0.218. The Kier molecular flexibility index (Phi) is 4.48. The highest BCUT2D eigenvalue weighted by molar-refractivity contribution is 5.55. The monoisotopic (exact) mass is 290 g/mol. The molecule has 4 nitrogen and oxygen atoms in total. The highest BCUT2D eigenvalue weighted by atomic mass is 16.5. The maximum Gasteiger partial charge on any atom is 0.0729 e. The molecule has 0 bridgehead atoms. The number of aryl methyl sites for hydroxylation is 2. The van der Waals surface area contributed by atoms with E-state index in [0.717, 1.165) is 45.8 Å². The van der Waals surface area contributed by atoms with Gasteiger partial charge in [-0.15, -0.1) is 0 Å². The Morgan fingerprint density at radius 2 is 1.90 bits per heavy atom. The van der Waals surface area contributed by atoms with Gasteiger partial charge in [0, 0.05) is 31.9 Å². The van der Waals surface area contributed by atoms with Crippen LogP contribution < -0.4 is 4.90 Å². The SMILES string of the molecule is Cc1ccc(C)c(N2CCC(O)C(N3CCOCC3)C2)c1. The molecule has 0 aliphatic carbocycles. The molecule has 2 aliphatic heterocycles. The van der Waals surface area contributed by atoms with E-state index in [1.165, 1.54) is 16.8 Å². The first-order chi connectivity index (χ1) is 10.1. The third-order valence-corrected chi connectivity index (χ3v) is 4.77. The maximum absolute atomic E-state index is 10.4. The van der Waals surface area contributed by atoms with Crippen molar-refractivity contribution in [1.82, 2.24) is 4.90 Å². The molecule has 2 unspecified atom stereocenters. The van der Waals surface area contributed by atoms with Crippen LogP contribution in [0.2, 0.25) is 0 Å². The van der Waals surface area contributed by atoms with Gasteiger partial charge in [0.15, 0.2) is 0 Å². The topological polar surface area (TPSA) is 35.9 Å². The minimum absolute atomic E-state index is 0.218. The van der Waals surface area contributed by atoms with Crippen molar-refractivity contribution in [2.24, 2.45) is 0 Å². The number of ether oxygens (including phenoxy) is 1. The van der Waals surface area contributed by atoms with Crippen LogP contribution in [0.15, 0.2) is 18.2 Å². The van der Waals surface area contributed by atoms with Crippen LogP contribution >= 0.6 is 0 Å². The zero-order chi connectivity index (χ0) is 14.8. The zero-order valence-corrected chi connectivity index (χ0v) is 13.1. The van der Waals surface area contributed by atoms with Crippen LogP contribution in [0.5, 0.6) is 0 Å². The van der Waals surface area contributed by atoms with Crippen LogP contribution in [0.4, 0.5) is 5.69 Å². The van der Waals surface area contributed by atoms with E-state index >= 15 is 0 Å². The second-order valence-electron chi connectivity index (χ2n) is 6.31. The Morgan fingerprint density at radius 3 is 2.67 bits per heavy atom. The third kappa shape index (κ3) is 3.23. The van der Waals surface area contributed by atoms with Gasteiger partial charge in [0.1, 0.15) is 0 Å². The molecule has 1 N–H and O–H groups in total. The number of aliphatic hydroxyl groups is 1. The Hall–Kier alpha value is -1.10. The lowest BCUT2D eigenvalue weighted by Crippen LogP contribution is -2.58. The lowest BCUT2D eigenvalue weighted by atomic mass is 9.98. The van der Waals surface area contributed by atoms with Gasteiger partial charge >= 0.3 is 0 Å². The summed E-state index contributed by atoms with van der Waals surface area (Å²) in [5, 5.41) is 10.4. The highest BCUT2D eigenvalue weighted by Gasteiger charge is 2.33. The van der Waals surface area contributed by atoms with Crippen LogP contribution in [0.25, 0.3) is 0 Å². The van der Waals surface area contributed by atoms with Gasteiger partial charge in [-0.3, -0.25) is 4.90 Å². The molecule has 0 radical (unpaired) electrons. The molecule has 2 aliphatic rings. The first-order valence-electron chi connectivity index (χ1n) is 7.97. The van der Waals surface area contributed by atoms with Crippen LogP contribution in [0, 0.1) is 13.8 Å². The van der Waals surface area contributed by atoms with E-state index in [1.807, 2.05) is 0 Å². The van der Waals surface area contributed by atoms with Gasteiger partial charge < -0.3 is 14.7 Å². The van der Waals surface area contributed by atoms with Crippen molar-refractivity contribution in [3.05, 3.63) is 29.3 Å². The van der Waals surface area contributed by atoms with Crippen LogP contribution in [-0.4, -0.2) is 61.5 Å². The number of nitrogens with zero attached hydrogens (tertiary/aromatic N) is 2. The standard InChI is InChI=1S/C17H26N2O2/c1-13-3-4-14(2)15(11-13)19-6-5-17(20)16(12-19)18-7-9-21-10-8-18/h3-4,11,16-17,20H,5-10,12H2,1-2H3. The van der Waals surface area contributed by atoms with E-state index in [9.17, 15) is 5.11 Å². The van der Waals surface area contributed by atoms with Gasteiger partial charge in [0.25, 0.3) is 0 Å². The molecule has 21 heavy (non-hydrogen) atoms. The number of rotatable bonds is 2. The van der Waals surface area contributed by atoms with Gasteiger partial charge in [-0.1, -0.05) is 12.1 Å².